The molecular weight excluding hydrogens is 276 g/mol. The van der Waals surface area contributed by atoms with Crippen LogP contribution in [0.25, 0.3) is 0 Å². The zero-order valence-corrected chi connectivity index (χ0v) is 9.12. The van der Waals surface area contributed by atoms with E-state index in [4.69, 9.17) is 0 Å². The van der Waals surface area contributed by atoms with Gasteiger partial charge in [-0.15, -0.1) is 11.8 Å². The lowest BCUT2D eigenvalue weighted by atomic mass is 10.4. The van der Waals surface area contributed by atoms with Crippen molar-refractivity contribution in [3.8, 4) is 0 Å². The maximum absolute atomic E-state index is 3.50. The fourth-order valence-corrected chi connectivity index (χ4v) is 2.04. The van der Waals surface area contributed by atoms with E-state index in [1.807, 2.05) is 24.3 Å². The van der Waals surface area contributed by atoms with Crippen LogP contribution in [-0.4, -0.2) is 4.16 Å². The number of thioether (sulfide) groups is 1. The molecule has 1 aliphatic rings. The summed E-state index contributed by atoms with van der Waals surface area (Å²) in [5.41, 5.74) is 0. The van der Waals surface area contributed by atoms with Gasteiger partial charge in [0.25, 0.3) is 0 Å². The minimum Gasteiger partial charge on any atom is -0.114 e. The molecule has 54 valence electrons. The Morgan fingerprint density at radius 2 is 2.10 bits per heavy atom. The van der Waals surface area contributed by atoms with Gasteiger partial charge in [0.15, 0.2) is 0 Å². The normalized spacial score (nSPS) is 37.0. The Hall–Kier alpha value is 0.530. The third kappa shape index (κ3) is 2.64. The third-order valence-electron chi connectivity index (χ3n) is 0.971. The second kappa shape index (κ2) is 4.42. The van der Waals surface area contributed by atoms with E-state index in [9.17, 15) is 0 Å². The summed E-state index contributed by atoms with van der Waals surface area (Å²) in [6.07, 6.45) is 8.08. The van der Waals surface area contributed by atoms with E-state index in [1.165, 1.54) is 0 Å². The molecule has 0 aromatic rings. The topological polar surface area (TPSA) is 0 Å². The van der Waals surface area contributed by atoms with Crippen LogP contribution >= 0.6 is 43.6 Å². The molecule has 0 aromatic carbocycles. The second-order valence-electron chi connectivity index (χ2n) is 1.72. The third-order valence-corrected chi connectivity index (χ3v) is 4.56. The first-order chi connectivity index (χ1) is 4.80. The zero-order valence-electron chi connectivity index (χ0n) is 5.13. The van der Waals surface area contributed by atoms with Gasteiger partial charge in [0.2, 0.25) is 0 Å². The minimum atomic E-state index is 0.355. The molecule has 0 bridgehead atoms. The van der Waals surface area contributed by atoms with Gasteiger partial charge >= 0.3 is 0 Å². The molecule has 3 heteroatoms. The molecule has 1 unspecified atom stereocenters. The number of halogens is 2. The Bertz CT molecular complexity index is 194. The number of rotatable bonds is 0. The first kappa shape index (κ1) is 8.62. The van der Waals surface area contributed by atoms with Crippen LogP contribution in [0.2, 0.25) is 0 Å². The maximum Gasteiger partial charge on any atom is 0.0954 e. The van der Waals surface area contributed by atoms with Gasteiger partial charge in [-0.1, -0.05) is 56.2 Å². The van der Waals surface area contributed by atoms with Crippen LogP contribution in [0.3, 0.4) is 0 Å². The van der Waals surface area contributed by atoms with Gasteiger partial charge in [-0.3, -0.25) is 0 Å². The number of hydrogen-bond donors (Lipinski definition) is 0. The molecule has 1 rings (SSSR count). The predicted octanol–water partition coefficient (Wildman–Crippen LogP) is 3.80. The summed E-state index contributed by atoms with van der Waals surface area (Å²) in [6.45, 7) is 0. The summed E-state index contributed by atoms with van der Waals surface area (Å²) >= 11 is 8.68. The SMILES string of the molecule is Br/C1=C/C=C\C=C/SC1Br. The molecule has 0 nitrogen and oxygen atoms in total. The highest BCUT2D eigenvalue weighted by atomic mass is 79.9. The standard InChI is InChI=1S/C7H6Br2S/c8-6-4-2-1-3-5-10-7(6)9/h1-5,7H/b2-1-,5-3-,6-4+. The summed E-state index contributed by atoms with van der Waals surface area (Å²) in [4.78, 5) is 0. The molecule has 0 fully saturated rings. The van der Waals surface area contributed by atoms with Crippen molar-refractivity contribution in [2.24, 2.45) is 0 Å². The van der Waals surface area contributed by atoms with Crippen molar-refractivity contribution in [2.75, 3.05) is 0 Å². The van der Waals surface area contributed by atoms with Crippen LogP contribution in [0.15, 0.2) is 34.2 Å². The lowest BCUT2D eigenvalue weighted by Gasteiger charge is -2.04. The van der Waals surface area contributed by atoms with E-state index in [0.29, 0.717) is 4.16 Å². The molecule has 1 atom stereocenters. The Morgan fingerprint density at radius 3 is 2.90 bits per heavy atom. The van der Waals surface area contributed by atoms with Gasteiger partial charge in [-0.05, 0) is 5.41 Å². The fraction of sp³-hybridized carbons (Fsp3) is 0.143. The number of allylic oxidation sites excluding steroid dienone is 4. The fourth-order valence-electron chi connectivity index (χ4n) is 0.512. The minimum absolute atomic E-state index is 0.355. The van der Waals surface area contributed by atoms with Gasteiger partial charge < -0.3 is 0 Å². The molecule has 1 aliphatic heterocycles. The van der Waals surface area contributed by atoms with Gasteiger partial charge in [0.05, 0.1) is 4.16 Å². The largest absolute Gasteiger partial charge is 0.114 e. The lowest BCUT2D eigenvalue weighted by molar-refractivity contribution is 1.64. The summed E-state index contributed by atoms with van der Waals surface area (Å²) in [6, 6.07) is 0. The molecule has 0 N–H and O–H groups in total. The van der Waals surface area contributed by atoms with E-state index >= 15 is 0 Å². The molecule has 0 amide bonds. The Labute approximate surface area is 81.7 Å². The monoisotopic (exact) mass is 280 g/mol. The van der Waals surface area contributed by atoms with Gasteiger partial charge in [-0.2, -0.15) is 0 Å². The average molecular weight is 282 g/mol. The first-order valence-corrected chi connectivity index (χ1v) is 5.44. The van der Waals surface area contributed by atoms with Gasteiger partial charge in [0.1, 0.15) is 0 Å². The summed E-state index contributed by atoms with van der Waals surface area (Å²) in [5, 5.41) is 2.06. The van der Waals surface area contributed by atoms with Crippen molar-refractivity contribution in [2.45, 2.75) is 4.16 Å². The Morgan fingerprint density at radius 1 is 1.30 bits per heavy atom. The van der Waals surface area contributed by atoms with E-state index in [0.717, 1.165) is 4.48 Å². The van der Waals surface area contributed by atoms with Crippen LogP contribution in [0.1, 0.15) is 0 Å². The first-order valence-electron chi connectivity index (χ1n) is 2.79. The number of hydrogen-bond acceptors (Lipinski definition) is 1. The predicted molar refractivity (Wildman–Crippen MR) is 55.6 cm³/mol. The van der Waals surface area contributed by atoms with Crippen molar-refractivity contribution in [3.05, 3.63) is 34.2 Å². The van der Waals surface area contributed by atoms with Crippen molar-refractivity contribution < 1.29 is 0 Å². The average Bonchev–Trinajstić information content (AvgIpc) is 1.92. The van der Waals surface area contributed by atoms with E-state index in [2.05, 4.69) is 37.3 Å². The second-order valence-corrected chi connectivity index (χ2v) is 5.17. The van der Waals surface area contributed by atoms with Crippen molar-refractivity contribution in [3.63, 3.8) is 0 Å². The van der Waals surface area contributed by atoms with Gasteiger partial charge in [-0.25, -0.2) is 0 Å². The Balaban J connectivity index is 2.73. The van der Waals surface area contributed by atoms with Crippen molar-refractivity contribution in [1.82, 2.24) is 0 Å². The number of alkyl halides is 1. The van der Waals surface area contributed by atoms with Crippen molar-refractivity contribution >= 4 is 43.6 Å². The maximum atomic E-state index is 3.50. The van der Waals surface area contributed by atoms with Crippen LogP contribution in [0, 0.1) is 0 Å². The molecule has 0 saturated carbocycles. The molecule has 0 aromatic heterocycles. The molecule has 0 spiro atoms. The molecule has 0 radical (unpaired) electrons. The van der Waals surface area contributed by atoms with Crippen LogP contribution in [-0.2, 0) is 0 Å². The molecule has 1 heterocycles. The highest BCUT2D eigenvalue weighted by molar-refractivity contribution is 9.15. The van der Waals surface area contributed by atoms with Crippen LogP contribution in [0.5, 0.6) is 0 Å². The smallest absolute Gasteiger partial charge is 0.0954 e. The zero-order chi connectivity index (χ0) is 7.40. The molecule has 0 aliphatic carbocycles. The highest BCUT2D eigenvalue weighted by Gasteiger charge is 2.05. The van der Waals surface area contributed by atoms with Crippen molar-refractivity contribution in [1.29, 1.82) is 0 Å². The quantitative estimate of drug-likeness (QED) is 0.609. The molecule has 0 saturated heterocycles. The van der Waals surface area contributed by atoms with Crippen LogP contribution in [0.4, 0.5) is 0 Å². The molecular formula is C7H6Br2S. The van der Waals surface area contributed by atoms with E-state index < -0.39 is 0 Å². The summed E-state index contributed by atoms with van der Waals surface area (Å²) in [5.74, 6) is 0. The summed E-state index contributed by atoms with van der Waals surface area (Å²) in [7, 11) is 0. The Kier molecular flexibility index (Phi) is 3.81. The van der Waals surface area contributed by atoms with E-state index in [-0.39, 0.29) is 0 Å². The highest BCUT2D eigenvalue weighted by Crippen LogP contribution is 2.30. The summed E-state index contributed by atoms with van der Waals surface area (Å²) < 4.78 is 1.52. The van der Waals surface area contributed by atoms with E-state index in [1.54, 1.807) is 11.8 Å². The van der Waals surface area contributed by atoms with Gasteiger partial charge in [0, 0.05) is 4.48 Å². The molecule has 10 heavy (non-hydrogen) atoms. The van der Waals surface area contributed by atoms with Crippen LogP contribution < -0.4 is 0 Å². The lowest BCUT2D eigenvalue weighted by Crippen LogP contribution is -1.87.